The number of benzene rings is 1. The third kappa shape index (κ3) is 2.97. The van der Waals surface area contributed by atoms with Crippen LogP contribution in [0.15, 0.2) is 23.1 Å². The Morgan fingerprint density at radius 2 is 2.05 bits per heavy atom. The van der Waals surface area contributed by atoms with Crippen LogP contribution in [-0.4, -0.2) is 37.8 Å². The fourth-order valence-electron chi connectivity index (χ4n) is 2.18. The molecule has 0 fully saturated rings. The molecular weight excluding hydrogens is 280 g/mol. The number of nitrogens with zero attached hydrogens (tertiary/aromatic N) is 1. The first kappa shape index (κ1) is 14.8. The highest BCUT2D eigenvalue weighted by Crippen LogP contribution is 2.23. The molecule has 4 nitrogen and oxygen atoms in total. The Labute approximate surface area is 119 Å². The Hall–Kier alpha value is -0.560. The topological polar surface area (TPSA) is 49.4 Å². The van der Waals surface area contributed by atoms with E-state index in [4.69, 9.17) is 0 Å². The average Bonchev–Trinajstić information content (AvgIpc) is 2.85. The van der Waals surface area contributed by atoms with Crippen LogP contribution in [-0.2, 0) is 23.1 Å². The van der Waals surface area contributed by atoms with Gasteiger partial charge in [-0.2, -0.15) is 16.1 Å². The van der Waals surface area contributed by atoms with Crippen molar-refractivity contribution in [3.63, 3.8) is 0 Å². The molecule has 2 rings (SSSR count). The highest BCUT2D eigenvalue weighted by molar-refractivity contribution is 7.98. The molecule has 1 unspecified atom stereocenters. The quantitative estimate of drug-likeness (QED) is 0.898. The maximum absolute atomic E-state index is 12.5. The van der Waals surface area contributed by atoms with Crippen LogP contribution in [0.5, 0.6) is 0 Å². The average molecular weight is 300 g/mol. The van der Waals surface area contributed by atoms with E-state index < -0.39 is 10.0 Å². The number of thioether (sulfide) groups is 1. The number of nitrogens with one attached hydrogen (secondary N) is 1. The summed E-state index contributed by atoms with van der Waals surface area (Å²) in [5.41, 5.74) is 2.28. The van der Waals surface area contributed by atoms with Crippen molar-refractivity contribution in [2.24, 2.45) is 0 Å². The lowest BCUT2D eigenvalue weighted by atomic mass is 10.1. The van der Waals surface area contributed by atoms with E-state index in [1.807, 2.05) is 19.2 Å². The lowest BCUT2D eigenvalue weighted by Gasteiger charge is -2.24. The molecule has 0 saturated heterocycles. The van der Waals surface area contributed by atoms with Crippen LogP contribution in [0.1, 0.15) is 18.1 Å². The van der Waals surface area contributed by atoms with E-state index in [9.17, 15) is 8.42 Å². The Morgan fingerprint density at radius 3 is 2.74 bits per heavy atom. The van der Waals surface area contributed by atoms with Crippen molar-refractivity contribution >= 4 is 21.8 Å². The van der Waals surface area contributed by atoms with Gasteiger partial charge in [0.1, 0.15) is 0 Å². The second kappa shape index (κ2) is 5.83. The van der Waals surface area contributed by atoms with E-state index in [2.05, 4.69) is 5.32 Å². The molecular formula is C13H20N2O2S2. The standard InChI is InChI=1S/C13H20N2O2S2/c1-10(9-18-3)15(2)19(16,17)13-5-4-11-7-14-8-12(11)6-13/h4-6,10,14H,7-9H2,1-3H3. The van der Waals surface area contributed by atoms with Crippen molar-refractivity contribution in [1.82, 2.24) is 9.62 Å². The zero-order valence-corrected chi connectivity index (χ0v) is 13.1. The molecule has 0 radical (unpaired) electrons. The predicted octanol–water partition coefficient (Wildman–Crippen LogP) is 1.66. The van der Waals surface area contributed by atoms with Crippen molar-refractivity contribution in [2.45, 2.75) is 31.0 Å². The molecule has 1 aromatic carbocycles. The van der Waals surface area contributed by atoms with Gasteiger partial charge in [0.2, 0.25) is 10.0 Å². The maximum atomic E-state index is 12.5. The van der Waals surface area contributed by atoms with E-state index >= 15 is 0 Å². The summed E-state index contributed by atoms with van der Waals surface area (Å²) in [6.45, 7) is 3.51. The maximum Gasteiger partial charge on any atom is 0.243 e. The normalized spacial score (nSPS) is 16.6. The molecule has 106 valence electrons. The van der Waals surface area contributed by atoms with Gasteiger partial charge in [-0.25, -0.2) is 8.42 Å². The molecule has 1 heterocycles. The molecule has 19 heavy (non-hydrogen) atoms. The molecule has 0 saturated carbocycles. The van der Waals surface area contributed by atoms with Crippen molar-refractivity contribution in [2.75, 3.05) is 19.1 Å². The van der Waals surface area contributed by atoms with Crippen LogP contribution in [0.25, 0.3) is 0 Å². The van der Waals surface area contributed by atoms with Crippen LogP contribution in [0.2, 0.25) is 0 Å². The summed E-state index contributed by atoms with van der Waals surface area (Å²) in [5.74, 6) is 0.794. The summed E-state index contributed by atoms with van der Waals surface area (Å²) < 4.78 is 26.6. The molecule has 0 aromatic heterocycles. The van der Waals surface area contributed by atoms with E-state index in [0.717, 1.165) is 24.4 Å². The van der Waals surface area contributed by atoms with E-state index in [1.54, 1.807) is 30.9 Å². The van der Waals surface area contributed by atoms with Crippen molar-refractivity contribution in [3.8, 4) is 0 Å². The molecule has 6 heteroatoms. The summed E-state index contributed by atoms with van der Waals surface area (Å²) >= 11 is 1.65. The molecule has 0 bridgehead atoms. The van der Waals surface area contributed by atoms with Gasteiger partial charge in [0.15, 0.2) is 0 Å². The van der Waals surface area contributed by atoms with Crippen LogP contribution >= 0.6 is 11.8 Å². The lowest BCUT2D eigenvalue weighted by Crippen LogP contribution is -2.36. The Morgan fingerprint density at radius 1 is 1.37 bits per heavy atom. The minimum atomic E-state index is -3.39. The molecule has 0 amide bonds. The second-order valence-corrected chi connectivity index (χ2v) is 7.77. The number of sulfonamides is 1. The monoisotopic (exact) mass is 300 g/mol. The van der Waals surface area contributed by atoms with Gasteiger partial charge >= 0.3 is 0 Å². The number of hydrogen-bond acceptors (Lipinski definition) is 4. The highest BCUT2D eigenvalue weighted by atomic mass is 32.2. The summed E-state index contributed by atoms with van der Waals surface area (Å²) in [6, 6.07) is 5.41. The third-order valence-corrected chi connectivity index (χ3v) is 6.30. The molecule has 1 aromatic rings. The molecule has 1 aliphatic rings. The van der Waals surface area contributed by atoms with Gasteiger partial charge in [0.05, 0.1) is 4.90 Å². The summed E-state index contributed by atoms with van der Waals surface area (Å²) in [4.78, 5) is 0.394. The van der Waals surface area contributed by atoms with Gasteiger partial charge in [0, 0.05) is 31.9 Å². The summed E-state index contributed by atoms with van der Waals surface area (Å²) in [7, 11) is -1.74. The highest BCUT2D eigenvalue weighted by Gasteiger charge is 2.26. The van der Waals surface area contributed by atoms with Crippen molar-refractivity contribution < 1.29 is 8.42 Å². The van der Waals surface area contributed by atoms with Gasteiger partial charge in [-0.05, 0) is 36.4 Å². The van der Waals surface area contributed by atoms with Gasteiger partial charge in [-0.1, -0.05) is 6.07 Å². The minimum Gasteiger partial charge on any atom is -0.309 e. The SMILES string of the molecule is CSCC(C)N(C)S(=O)(=O)c1ccc2c(c1)CNC2. The number of rotatable bonds is 5. The first-order valence-electron chi connectivity index (χ1n) is 6.26. The Kier molecular flexibility index (Phi) is 4.55. The molecule has 0 aliphatic carbocycles. The second-order valence-electron chi connectivity index (χ2n) is 4.86. The predicted molar refractivity (Wildman–Crippen MR) is 79.8 cm³/mol. The van der Waals surface area contributed by atoms with Crippen LogP contribution < -0.4 is 5.32 Å². The summed E-state index contributed by atoms with van der Waals surface area (Å²) in [5, 5.41) is 3.23. The Balaban J connectivity index is 2.29. The van der Waals surface area contributed by atoms with Gasteiger partial charge in [-0.15, -0.1) is 0 Å². The summed E-state index contributed by atoms with van der Waals surface area (Å²) in [6.07, 6.45) is 1.98. The molecule has 1 aliphatic heterocycles. The largest absolute Gasteiger partial charge is 0.309 e. The number of fused-ring (bicyclic) bond motifs is 1. The first-order chi connectivity index (χ1) is 8.96. The minimum absolute atomic E-state index is 0.00798. The van der Waals surface area contributed by atoms with Gasteiger partial charge in [0.25, 0.3) is 0 Å². The number of hydrogen-bond donors (Lipinski definition) is 1. The van der Waals surface area contributed by atoms with Crippen LogP contribution in [0.3, 0.4) is 0 Å². The van der Waals surface area contributed by atoms with E-state index in [0.29, 0.717) is 4.90 Å². The smallest absolute Gasteiger partial charge is 0.243 e. The Bertz CT molecular complexity index is 558. The fraction of sp³-hybridized carbons (Fsp3) is 0.538. The zero-order valence-electron chi connectivity index (χ0n) is 11.5. The lowest BCUT2D eigenvalue weighted by molar-refractivity contribution is 0.415. The van der Waals surface area contributed by atoms with Crippen molar-refractivity contribution in [1.29, 1.82) is 0 Å². The van der Waals surface area contributed by atoms with Crippen LogP contribution in [0.4, 0.5) is 0 Å². The van der Waals surface area contributed by atoms with Gasteiger partial charge in [-0.3, -0.25) is 0 Å². The fourth-order valence-corrected chi connectivity index (χ4v) is 4.39. The third-order valence-electron chi connectivity index (χ3n) is 3.51. The first-order valence-corrected chi connectivity index (χ1v) is 9.09. The molecule has 0 spiro atoms. The van der Waals surface area contributed by atoms with Gasteiger partial charge < -0.3 is 5.32 Å². The van der Waals surface area contributed by atoms with E-state index in [-0.39, 0.29) is 6.04 Å². The van der Waals surface area contributed by atoms with Crippen molar-refractivity contribution in [3.05, 3.63) is 29.3 Å². The molecule has 1 N–H and O–H groups in total. The molecule has 1 atom stereocenters. The zero-order chi connectivity index (χ0) is 14.0. The van der Waals surface area contributed by atoms with Crippen LogP contribution in [0, 0.1) is 0 Å². The van der Waals surface area contributed by atoms with E-state index in [1.165, 1.54) is 9.87 Å².